The van der Waals surface area contributed by atoms with E-state index < -0.39 is 11.4 Å². The molecule has 12 heteroatoms. The van der Waals surface area contributed by atoms with E-state index in [1.165, 1.54) is 31.1 Å². The summed E-state index contributed by atoms with van der Waals surface area (Å²) in [6, 6.07) is 8.36. The number of likely N-dealkylation sites (N-methyl/N-ethyl adjacent to an activating group) is 1. The highest BCUT2D eigenvalue weighted by Crippen LogP contribution is 2.56. The predicted molar refractivity (Wildman–Crippen MR) is 168 cm³/mol. The van der Waals surface area contributed by atoms with E-state index in [-0.39, 0.29) is 22.3 Å². The summed E-state index contributed by atoms with van der Waals surface area (Å²) in [5.74, 6) is 0.192. The molecule has 1 aliphatic heterocycles. The monoisotopic (exact) mass is 609 g/mol. The highest BCUT2D eigenvalue weighted by Gasteiger charge is 2.56. The topological polar surface area (TPSA) is 115 Å². The van der Waals surface area contributed by atoms with Gasteiger partial charge >= 0.3 is 0 Å². The van der Waals surface area contributed by atoms with Crippen LogP contribution >= 0.6 is 11.6 Å². The van der Waals surface area contributed by atoms with E-state index >= 15 is 0 Å². The quantitative estimate of drug-likeness (QED) is 0.217. The Kier molecular flexibility index (Phi) is 8.26. The lowest BCUT2D eigenvalue weighted by molar-refractivity contribution is -0.111. The number of ether oxygens (including phenoxy) is 1. The van der Waals surface area contributed by atoms with Crippen molar-refractivity contribution in [1.82, 2.24) is 14.9 Å². The molecule has 1 atom stereocenters. The number of anilines is 6. The molecule has 0 unspecified atom stereocenters. The molecule has 10 nitrogen and oxygen atoms in total. The third kappa shape index (κ3) is 6.39. The van der Waals surface area contributed by atoms with E-state index in [4.69, 9.17) is 16.3 Å². The number of benzene rings is 2. The molecule has 0 bridgehead atoms. The Balaban J connectivity index is 1.46. The number of aromatic nitrogens is 2. The summed E-state index contributed by atoms with van der Waals surface area (Å²) in [5.41, 5.74) is 1.63. The molecule has 2 aliphatic rings. The first-order chi connectivity index (χ1) is 20.3. The van der Waals surface area contributed by atoms with Crippen molar-refractivity contribution in [3.05, 3.63) is 65.6 Å². The number of halogens is 2. The summed E-state index contributed by atoms with van der Waals surface area (Å²) in [5, 5.41) is 19.8. The van der Waals surface area contributed by atoms with Crippen molar-refractivity contribution in [2.45, 2.75) is 38.3 Å². The van der Waals surface area contributed by atoms with Gasteiger partial charge in [-0.2, -0.15) is 4.98 Å². The largest absolute Gasteiger partial charge is 0.494 e. The number of hydrogen-bond acceptors (Lipinski definition) is 9. The molecule has 0 radical (unpaired) electrons. The van der Waals surface area contributed by atoms with E-state index in [9.17, 15) is 14.3 Å². The van der Waals surface area contributed by atoms with Gasteiger partial charge in [0.1, 0.15) is 17.4 Å². The van der Waals surface area contributed by atoms with Gasteiger partial charge in [0.25, 0.3) is 0 Å². The van der Waals surface area contributed by atoms with Crippen LogP contribution in [0.1, 0.15) is 32.3 Å². The van der Waals surface area contributed by atoms with Crippen LogP contribution in [0.15, 0.2) is 49.2 Å². The first-order valence-electron chi connectivity index (χ1n) is 14.0. The molecule has 1 aromatic heterocycles. The van der Waals surface area contributed by atoms with Gasteiger partial charge in [-0.15, -0.1) is 0 Å². The average molecular weight is 610 g/mol. The second kappa shape index (κ2) is 11.6. The highest BCUT2D eigenvalue weighted by molar-refractivity contribution is 6.31. The fraction of sp³-hybridized carbons (Fsp3) is 0.387. The van der Waals surface area contributed by atoms with Crippen molar-refractivity contribution in [1.29, 1.82) is 0 Å². The molecule has 1 saturated carbocycles. The van der Waals surface area contributed by atoms with Crippen molar-refractivity contribution in [3.63, 3.8) is 0 Å². The van der Waals surface area contributed by atoms with Gasteiger partial charge in [0, 0.05) is 48.1 Å². The minimum absolute atomic E-state index is 0.0932. The van der Waals surface area contributed by atoms with Gasteiger partial charge in [0.15, 0.2) is 0 Å². The third-order valence-electron chi connectivity index (χ3n) is 8.11. The van der Waals surface area contributed by atoms with Crippen LogP contribution in [0.2, 0.25) is 5.02 Å². The van der Waals surface area contributed by atoms with Crippen molar-refractivity contribution >= 4 is 52.0 Å². The lowest BCUT2D eigenvalue weighted by Gasteiger charge is -2.26. The number of carbonyl (C=O) groups is 1. The van der Waals surface area contributed by atoms with Crippen LogP contribution < -0.4 is 25.6 Å². The van der Waals surface area contributed by atoms with E-state index in [2.05, 4.69) is 56.4 Å². The third-order valence-corrected chi connectivity index (χ3v) is 8.40. The number of hydrogen-bond donors (Lipinski definition) is 4. The van der Waals surface area contributed by atoms with Crippen molar-refractivity contribution < 1.29 is 19.0 Å². The number of methoxy groups -OCH3 is 1. The smallest absolute Gasteiger partial charge is 0.247 e. The van der Waals surface area contributed by atoms with Gasteiger partial charge in [-0.05, 0) is 71.1 Å². The Hall–Kier alpha value is -3.93. The molecule has 2 fully saturated rings. The van der Waals surface area contributed by atoms with E-state index in [0.29, 0.717) is 40.2 Å². The molecular formula is C31H37ClFN7O3. The van der Waals surface area contributed by atoms with E-state index in [1.54, 1.807) is 39.3 Å². The minimum atomic E-state index is -1.34. The Morgan fingerprint density at radius 2 is 1.98 bits per heavy atom. The Labute approximate surface area is 255 Å². The first-order valence-corrected chi connectivity index (χ1v) is 14.4. The number of aliphatic hydroxyl groups is 1. The molecule has 3 aromatic rings. The van der Waals surface area contributed by atoms with Gasteiger partial charge in [-0.3, -0.25) is 4.79 Å². The number of nitrogens with one attached hydrogen (secondary N) is 3. The van der Waals surface area contributed by atoms with Gasteiger partial charge in [0.05, 0.1) is 34.8 Å². The maximum atomic E-state index is 14.2. The Bertz CT molecular complexity index is 1560. The van der Waals surface area contributed by atoms with Crippen LogP contribution in [0.4, 0.5) is 38.9 Å². The zero-order valence-electron chi connectivity index (χ0n) is 25.0. The standard InChI is InChI=1S/C31H37ClFN7O3/c1-7-28(41)36-22-14-23(25(43-6)15-24(22)40-16-26(39(4)5)31(17-40)9-10-31)37-29-34-11-8-27(38-29)35-21-13-19(32)20(33)12-18(21)30(2,3)42/h7-8,11-15,26,42H,1,9-10,16-17H2,2-6H3,(H,36,41)(H2,34,35,37,38)/t26-/m0/s1. The fourth-order valence-corrected chi connectivity index (χ4v) is 5.95. The van der Waals surface area contributed by atoms with Gasteiger partial charge in [-0.1, -0.05) is 18.2 Å². The zero-order chi connectivity index (χ0) is 31.1. The van der Waals surface area contributed by atoms with Crippen LogP contribution in [0.3, 0.4) is 0 Å². The normalized spacial score (nSPS) is 17.2. The Morgan fingerprint density at radius 1 is 1.23 bits per heavy atom. The lowest BCUT2D eigenvalue weighted by Crippen LogP contribution is -2.36. The summed E-state index contributed by atoms with van der Waals surface area (Å²) < 4.78 is 20.0. The van der Waals surface area contributed by atoms with Crippen LogP contribution in [0.5, 0.6) is 5.75 Å². The fourth-order valence-electron chi connectivity index (χ4n) is 5.78. The van der Waals surface area contributed by atoms with Crippen LogP contribution in [-0.2, 0) is 10.4 Å². The zero-order valence-corrected chi connectivity index (χ0v) is 25.7. The SMILES string of the molecule is C=CC(=O)Nc1cc(Nc2nccc(Nc3cc(Cl)c(F)cc3C(C)(C)O)n2)c(OC)cc1N1C[C@H](N(C)C)C2(CC2)C1. The minimum Gasteiger partial charge on any atom is -0.494 e. The molecule has 43 heavy (non-hydrogen) atoms. The summed E-state index contributed by atoms with van der Waals surface area (Å²) in [7, 11) is 5.80. The second-order valence-electron chi connectivity index (χ2n) is 11.9. The molecule has 228 valence electrons. The van der Waals surface area contributed by atoms with Crippen molar-refractivity contribution in [2.24, 2.45) is 5.41 Å². The van der Waals surface area contributed by atoms with Gasteiger partial charge in [-0.25, -0.2) is 9.37 Å². The maximum Gasteiger partial charge on any atom is 0.247 e. The van der Waals surface area contributed by atoms with Crippen molar-refractivity contribution in [3.8, 4) is 5.75 Å². The Morgan fingerprint density at radius 3 is 2.58 bits per heavy atom. The number of carbonyl (C=O) groups excluding carboxylic acids is 1. The second-order valence-corrected chi connectivity index (χ2v) is 12.3. The molecular weight excluding hydrogens is 573 g/mol. The molecule has 5 rings (SSSR count). The highest BCUT2D eigenvalue weighted by atomic mass is 35.5. The van der Waals surface area contributed by atoms with Crippen molar-refractivity contribution in [2.75, 3.05) is 55.1 Å². The molecule has 2 heterocycles. The molecule has 4 N–H and O–H groups in total. The molecule has 1 aliphatic carbocycles. The van der Waals surface area contributed by atoms with Crippen LogP contribution in [0.25, 0.3) is 0 Å². The van der Waals surface area contributed by atoms with Crippen LogP contribution in [-0.4, -0.2) is 66.2 Å². The van der Waals surface area contributed by atoms with Crippen LogP contribution in [0, 0.1) is 11.2 Å². The number of nitrogens with zero attached hydrogens (tertiary/aromatic N) is 4. The number of rotatable bonds is 10. The first kappa shape index (κ1) is 30.5. The summed E-state index contributed by atoms with van der Waals surface area (Å²) in [4.78, 5) is 25.9. The molecule has 1 spiro atoms. The molecule has 1 amide bonds. The lowest BCUT2D eigenvalue weighted by atomic mass is 9.96. The van der Waals surface area contributed by atoms with Gasteiger partial charge < -0.3 is 35.6 Å². The molecule has 2 aromatic carbocycles. The van der Waals surface area contributed by atoms with E-state index in [0.717, 1.165) is 18.8 Å². The summed E-state index contributed by atoms with van der Waals surface area (Å²) in [6.45, 7) is 8.44. The van der Waals surface area contributed by atoms with E-state index in [1.807, 2.05) is 6.07 Å². The maximum absolute atomic E-state index is 14.2. The average Bonchev–Trinajstić information content (AvgIpc) is 3.61. The molecule has 1 saturated heterocycles. The number of amides is 1. The summed E-state index contributed by atoms with van der Waals surface area (Å²) >= 11 is 6.04. The summed E-state index contributed by atoms with van der Waals surface area (Å²) in [6.07, 6.45) is 5.15. The van der Waals surface area contributed by atoms with Gasteiger partial charge in [0.2, 0.25) is 11.9 Å². The predicted octanol–water partition coefficient (Wildman–Crippen LogP) is 5.65.